The third-order valence-corrected chi connectivity index (χ3v) is 7.19. The molecule has 0 aliphatic heterocycles. The molecule has 0 unspecified atom stereocenters. The highest BCUT2D eigenvalue weighted by molar-refractivity contribution is 5.92. The van der Waals surface area contributed by atoms with Gasteiger partial charge in [0.25, 0.3) is 0 Å². The Morgan fingerprint density at radius 1 is 0.600 bits per heavy atom. The fraction of sp³-hybridized carbons (Fsp3) is 0.111. The van der Waals surface area contributed by atoms with Gasteiger partial charge in [-0.3, -0.25) is 0 Å². The number of rotatable bonds is 9. The molecule has 6 aromatic rings. The predicted octanol–water partition coefficient (Wildman–Crippen LogP) is 8.53. The molecule has 0 aliphatic rings. The lowest BCUT2D eigenvalue weighted by Gasteiger charge is -2.13. The maximum Gasteiger partial charge on any atom is 0.120 e. The number of aryl methyl sites for hydroxylation is 1. The maximum absolute atomic E-state index is 9.80. The number of phenols is 1. The van der Waals surface area contributed by atoms with E-state index in [-0.39, 0.29) is 5.75 Å². The van der Waals surface area contributed by atoms with Gasteiger partial charge in [-0.2, -0.15) is 0 Å². The van der Waals surface area contributed by atoms with Gasteiger partial charge < -0.3 is 19.1 Å². The normalized spacial score (nSPS) is 11.0. The van der Waals surface area contributed by atoms with Gasteiger partial charge in [0.15, 0.2) is 0 Å². The standard InChI is InChI=1S/C36H31NO3/c1-26-34-22-33(40-25-29-10-6-3-7-11-29)20-21-35(34)37(23-27-12-16-31(38)17-13-27)36(26)30-14-18-32(19-15-30)39-24-28-8-4-2-5-9-28/h2-22,38H,23-25H2,1H3. The van der Waals surface area contributed by atoms with Crippen LogP contribution in [-0.4, -0.2) is 9.67 Å². The zero-order chi connectivity index (χ0) is 27.3. The molecule has 4 nitrogen and oxygen atoms in total. The van der Waals surface area contributed by atoms with Crippen molar-refractivity contribution in [3.8, 4) is 28.5 Å². The summed E-state index contributed by atoms with van der Waals surface area (Å²) in [4.78, 5) is 0. The summed E-state index contributed by atoms with van der Waals surface area (Å²) in [5, 5.41) is 11.0. The van der Waals surface area contributed by atoms with Gasteiger partial charge in [0, 0.05) is 17.4 Å². The lowest BCUT2D eigenvalue weighted by molar-refractivity contribution is 0.306. The van der Waals surface area contributed by atoms with Crippen molar-refractivity contribution < 1.29 is 14.6 Å². The minimum absolute atomic E-state index is 0.267. The van der Waals surface area contributed by atoms with Crippen LogP contribution < -0.4 is 9.47 Å². The quantitative estimate of drug-likeness (QED) is 0.206. The summed E-state index contributed by atoms with van der Waals surface area (Å²) < 4.78 is 14.6. The van der Waals surface area contributed by atoms with Gasteiger partial charge in [-0.25, -0.2) is 0 Å². The fourth-order valence-electron chi connectivity index (χ4n) is 5.10. The number of aromatic nitrogens is 1. The number of fused-ring (bicyclic) bond motifs is 1. The number of hydrogen-bond acceptors (Lipinski definition) is 3. The summed E-state index contributed by atoms with van der Waals surface area (Å²) in [5.74, 6) is 1.95. The highest BCUT2D eigenvalue weighted by Crippen LogP contribution is 2.37. The molecule has 4 heteroatoms. The van der Waals surface area contributed by atoms with E-state index in [4.69, 9.17) is 9.47 Å². The number of ether oxygens (including phenoxy) is 2. The number of benzene rings is 5. The van der Waals surface area contributed by atoms with Crippen LogP contribution in [0.15, 0.2) is 127 Å². The van der Waals surface area contributed by atoms with Crippen molar-refractivity contribution in [1.29, 1.82) is 0 Å². The average molecular weight is 526 g/mol. The minimum atomic E-state index is 0.267. The molecule has 6 rings (SSSR count). The Morgan fingerprint density at radius 2 is 1.18 bits per heavy atom. The van der Waals surface area contributed by atoms with Crippen LogP contribution in [-0.2, 0) is 19.8 Å². The molecule has 0 radical (unpaired) electrons. The summed E-state index contributed by atoms with van der Waals surface area (Å²) in [6, 6.07) is 42.5. The molecular weight excluding hydrogens is 494 g/mol. The molecule has 1 heterocycles. The first kappa shape index (κ1) is 25.3. The van der Waals surface area contributed by atoms with Gasteiger partial charge in [-0.1, -0.05) is 72.8 Å². The van der Waals surface area contributed by atoms with E-state index in [1.807, 2.05) is 66.7 Å². The average Bonchev–Trinajstić information content (AvgIpc) is 3.27. The highest BCUT2D eigenvalue weighted by atomic mass is 16.5. The summed E-state index contributed by atoms with van der Waals surface area (Å²) in [6.45, 7) is 3.91. The van der Waals surface area contributed by atoms with Crippen LogP contribution in [0.25, 0.3) is 22.2 Å². The van der Waals surface area contributed by atoms with Crippen molar-refractivity contribution in [3.63, 3.8) is 0 Å². The van der Waals surface area contributed by atoms with Gasteiger partial charge in [0.1, 0.15) is 30.5 Å². The summed E-state index contributed by atoms with van der Waals surface area (Å²) in [7, 11) is 0. The molecular formula is C36H31NO3. The first-order chi connectivity index (χ1) is 19.6. The Bertz CT molecular complexity index is 1700. The third-order valence-electron chi connectivity index (χ3n) is 7.19. The molecule has 0 bridgehead atoms. The van der Waals surface area contributed by atoms with E-state index in [1.165, 1.54) is 5.56 Å². The van der Waals surface area contributed by atoms with E-state index in [0.29, 0.717) is 19.8 Å². The monoisotopic (exact) mass is 525 g/mol. The second-order valence-electron chi connectivity index (χ2n) is 9.98. The first-order valence-corrected chi connectivity index (χ1v) is 13.5. The van der Waals surface area contributed by atoms with E-state index in [0.717, 1.165) is 50.3 Å². The Kier molecular flexibility index (Phi) is 7.23. The van der Waals surface area contributed by atoms with Crippen LogP contribution >= 0.6 is 0 Å². The smallest absolute Gasteiger partial charge is 0.120 e. The summed E-state index contributed by atoms with van der Waals surface area (Å²) >= 11 is 0. The Morgan fingerprint density at radius 3 is 1.80 bits per heavy atom. The maximum atomic E-state index is 9.80. The molecule has 0 fully saturated rings. The number of phenolic OH excluding ortho intramolecular Hbond substituents is 1. The zero-order valence-corrected chi connectivity index (χ0v) is 22.5. The summed E-state index contributed by atoms with van der Waals surface area (Å²) in [5.41, 5.74) is 7.99. The van der Waals surface area contributed by atoms with Gasteiger partial charge in [0.05, 0.1) is 5.69 Å². The first-order valence-electron chi connectivity index (χ1n) is 13.5. The van der Waals surface area contributed by atoms with E-state index >= 15 is 0 Å². The van der Waals surface area contributed by atoms with E-state index in [9.17, 15) is 5.11 Å². The Labute approximate surface area is 234 Å². The second kappa shape index (κ2) is 11.4. The van der Waals surface area contributed by atoms with Crippen LogP contribution in [0.3, 0.4) is 0 Å². The second-order valence-corrected chi connectivity index (χ2v) is 9.98. The van der Waals surface area contributed by atoms with Crippen LogP contribution in [0.4, 0.5) is 0 Å². The van der Waals surface area contributed by atoms with Crippen molar-refractivity contribution in [2.75, 3.05) is 0 Å². The Hall–Kier alpha value is -4.96. The van der Waals surface area contributed by atoms with Gasteiger partial charge in [0.2, 0.25) is 0 Å². The topological polar surface area (TPSA) is 43.6 Å². The molecule has 0 saturated heterocycles. The lowest BCUT2D eigenvalue weighted by Crippen LogP contribution is -2.02. The van der Waals surface area contributed by atoms with Crippen LogP contribution in [0, 0.1) is 6.92 Å². The van der Waals surface area contributed by atoms with Crippen molar-refractivity contribution in [1.82, 2.24) is 4.57 Å². The number of hydrogen-bond donors (Lipinski definition) is 1. The van der Waals surface area contributed by atoms with E-state index in [1.54, 1.807) is 12.1 Å². The van der Waals surface area contributed by atoms with Crippen molar-refractivity contribution >= 4 is 10.9 Å². The molecule has 0 atom stereocenters. The number of aromatic hydroxyl groups is 1. The Balaban J connectivity index is 1.33. The van der Waals surface area contributed by atoms with Crippen molar-refractivity contribution in [3.05, 3.63) is 150 Å². The largest absolute Gasteiger partial charge is 0.508 e. The molecule has 198 valence electrons. The SMILES string of the molecule is Cc1c(-c2ccc(OCc3ccccc3)cc2)n(Cc2ccc(O)cc2)c2ccc(OCc3ccccc3)cc12. The van der Waals surface area contributed by atoms with E-state index in [2.05, 4.69) is 60.0 Å². The summed E-state index contributed by atoms with van der Waals surface area (Å²) in [6.07, 6.45) is 0. The fourth-order valence-corrected chi connectivity index (χ4v) is 5.10. The third kappa shape index (κ3) is 5.57. The molecule has 0 spiro atoms. The van der Waals surface area contributed by atoms with Gasteiger partial charge in [-0.05, 0) is 89.3 Å². The van der Waals surface area contributed by atoms with Crippen LogP contribution in [0.5, 0.6) is 17.2 Å². The molecule has 40 heavy (non-hydrogen) atoms. The van der Waals surface area contributed by atoms with Crippen molar-refractivity contribution in [2.24, 2.45) is 0 Å². The minimum Gasteiger partial charge on any atom is -0.508 e. The van der Waals surface area contributed by atoms with Crippen molar-refractivity contribution in [2.45, 2.75) is 26.7 Å². The molecule has 1 N–H and O–H groups in total. The molecule has 0 saturated carbocycles. The molecule has 0 aliphatic carbocycles. The number of nitrogens with zero attached hydrogens (tertiary/aromatic N) is 1. The predicted molar refractivity (Wildman–Crippen MR) is 161 cm³/mol. The van der Waals surface area contributed by atoms with E-state index < -0.39 is 0 Å². The van der Waals surface area contributed by atoms with Gasteiger partial charge >= 0.3 is 0 Å². The van der Waals surface area contributed by atoms with Gasteiger partial charge in [-0.15, -0.1) is 0 Å². The molecule has 5 aromatic carbocycles. The van der Waals surface area contributed by atoms with Crippen LogP contribution in [0.2, 0.25) is 0 Å². The lowest BCUT2D eigenvalue weighted by atomic mass is 10.1. The zero-order valence-electron chi connectivity index (χ0n) is 22.5. The highest BCUT2D eigenvalue weighted by Gasteiger charge is 2.17. The van der Waals surface area contributed by atoms with Crippen LogP contribution in [0.1, 0.15) is 22.3 Å². The molecule has 0 amide bonds. The molecule has 1 aromatic heterocycles.